The number of rotatable bonds is 10. The van der Waals surface area contributed by atoms with Crippen molar-refractivity contribution in [1.82, 2.24) is 18.9 Å². The number of hydrogen-bond acceptors (Lipinski definition) is 5. The van der Waals surface area contributed by atoms with E-state index >= 15 is 0 Å². The lowest BCUT2D eigenvalue weighted by molar-refractivity contribution is -0.125. The first-order valence-corrected chi connectivity index (χ1v) is 12.6. The monoisotopic (exact) mass is 539 g/mol. The zero-order chi connectivity index (χ0) is 28.7. The van der Waals surface area contributed by atoms with Gasteiger partial charge in [0.25, 0.3) is 11.5 Å². The van der Waals surface area contributed by atoms with Gasteiger partial charge in [-0.15, -0.1) is 0 Å². The van der Waals surface area contributed by atoms with Gasteiger partial charge in [-0.2, -0.15) is 0 Å². The molecule has 0 fully saturated rings. The van der Waals surface area contributed by atoms with E-state index in [4.69, 9.17) is 4.74 Å². The zero-order valence-electron chi connectivity index (χ0n) is 22.8. The summed E-state index contributed by atoms with van der Waals surface area (Å²) < 4.78 is 22.5. The molecule has 2 heterocycles. The summed E-state index contributed by atoms with van der Waals surface area (Å²) in [6.45, 7) is 2.80. The van der Waals surface area contributed by atoms with Gasteiger partial charge in [0, 0.05) is 57.5 Å². The summed E-state index contributed by atoms with van der Waals surface area (Å²) in [4.78, 5) is 52.8. The van der Waals surface area contributed by atoms with Crippen molar-refractivity contribution in [2.24, 2.45) is 0 Å². The number of carbonyl (C=O) groups is 3. The van der Waals surface area contributed by atoms with E-state index < -0.39 is 23.7 Å². The van der Waals surface area contributed by atoms with Crippen LogP contribution in [0, 0.1) is 5.82 Å². The molecule has 0 aliphatic rings. The fourth-order valence-electron chi connectivity index (χ4n) is 4.00. The Hall–Kier alpha value is -4.41. The molecule has 208 valence electrons. The number of allylic oxidation sites excluding steroid dienone is 1. The van der Waals surface area contributed by atoms with Crippen molar-refractivity contribution >= 4 is 34.5 Å². The minimum Gasteiger partial charge on any atom is -0.436 e. The number of pyridine rings is 1. The van der Waals surface area contributed by atoms with Gasteiger partial charge in [-0.1, -0.05) is 6.08 Å². The minimum absolute atomic E-state index is 0.0249. The molecule has 0 radical (unpaired) electrons. The summed E-state index contributed by atoms with van der Waals surface area (Å²) in [5.41, 5.74) is 1.25. The average Bonchev–Trinajstić information content (AvgIpc) is 3.23. The van der Waals surface area contributed by atoms with Crippen molar-refractivity contribution in [1.29, 1.82) is 0 Å². The van der Waals surface area contributed by atoms with E-state index in [1.165, 1.54) is 52.7 Å². The van der Waals surface area contributed by atoms with Gasteiger partial charge >= 0.3 is 6.09 Å². The van der Waals surface area contributed by atoms with Crippen molar-refractivity contribution in [2.75, 3.05) is 33.5 Å². The van der Waals surface area contributed by atoms with E-state index in [0.29, 0.717) is 13.0 Å². The molecule has 11 heteroatoms. The highest BCUT2D eigenvalue weighted by atomic mass is 19.1. The normalized spacial score (nSPS) is 11.9. The molecule has 0 spiro atoms. The third-order valence-electron chi connectivity index (χ3n) is 6.07. The van der Waals surface area contributed by atoms with Crippen LogP contribution in [0.5, 0.6) is 0 Å². The molecule has 0 aliphatic heterocycles. The Balaban J connectivity index is 1.80. The Labute approximate surface area is 226 Å². The molecule has 3 rings (SSSR count). The molecule has 0 saturated carbocycles. The Morgan fingerprint density at radius 3 is 2.51 bits per heavy atom. The third kappa shape index (κ3) is 7.34. The molecular weight excluding hydrogens is 505 g/mol. The lowest BCUT2D eigenvalue weighted by Crippen LogP contribution is -2.37. The van der Waals surface area contributed by atoms with Crippen LogP contribution in [0.2, 0.25) is 0 Å². The lowest BCUT2D eigenvalue weighted by Gasteiger charge is -2.20. The van der Waals surface area contributed by atoms with Gasteiger partial charge in [0.05, 0.1) is 6.54 Å². The van der Waals surface area contributed by atoms with E-state index in [1.54, 1.807) is 38.5 Å². The van der Waals surface area contributed by atoms with Gasteiger partial charge < -0.3 is 29.0 Å². The number of nitrogens with zero attached hydrogens (tertiary/aromatic N) is 4. The lowest BCUT2D eigenvalue weighted by atomic mass is 10.1. The largest absolute Gasteiger partial charge is 0.436 e. The Bertz CT molecular complexity index is 1440. The first-order chi connectivity index (χ1) is 18.5. The summed E-state index contributed by atoms with van der Waals surface area (Å²) in [5.74, 6) is -1.21. The minimum atomic E-state index is -1.19. The summed E-state index contributed by atoms with van der Waals surface area (Å²) in [6.07, 6.45) is 3.08. The predicted octanol–water partition coefficient (Wildman–Crippen LogP) is 3.44. The first kappa shape index (κ1) is 29.2. The number of ether oxygens (including phenoxy) is 1. The number of amides is 3. The summed E-state index contributed by atoms with van der Waals surface area (Å²) in [7, 11) is 6.23. The quantitative estimate of drug-likeness (QED) is 0.398. The van der Waals surface area contributed by atoms with E-state index in [9.17, 15) is 23.6 Å². The number of benzene rings is 1. The molecule has 1 unspecified atom stereocenters. The highest BCUT2D eigenvalue weighted by Gasteiger charge is 2.24. The van der Waals surface area contributed by atoms with Crippen molar-refractivity contribution in [3.05, 3.63) is 76.6 Å². The molecule has 10 nitrogen and oxygen atoms in total. The number of aryl methyl sites for hydroxylation is 1. The zero-order valence-corrected chi connectivity index (χ0v) is 22.8. The molecule has 3 amide bonds. The summed E-state index contributed by atoms with van der Waals surface area (Å²) in [5, 5.41) is 3.32. The smallest absolute Gasteiger partial charge is 0.410 e. The number of anilines is 1. The van der Waals surface area contributed by atoms with Crippen LogP contribution in [0.25, 0.3) is 10.9 Å². The van der Waals surface area contributed by atoms with Crippen LogP contribution in [-0.2, 0) is 27.4 Å². The molecular formula is C28H34FN5O5. The van der Waals surface area contributed by atoms with Gasteiger partial charge in [0.2, 0.25) is 5.91 Å². The van der Waals surface area contributed by atoms with Crippen LogP contribution in [0.15, 0.2) is 59.5 Å². The number of carbonyl (C=O) groups excluding carboxylic acids is 3. The molecule has 0 aliphatic carbocycles. The number of fused-ring (bicyclic) bond motifs is 1. The van der Waals surface area contributed by atoms with E-state index in [1.807, 2.05) is 17.6 Å². The maximum atomic E-state index is 13.7. The average molecular weight is 540 g/mol. The predicted molar refractivity (Wildman–Crippen MR) is 147 cm³/mol. The van der Waals surface area contributed by atoms with Crippen LogP contribution >= 0.6 is 0 Å². The van der Waals surface area contributed by atoms with Crippen molar-refractivity contribution < 1.29 is 23.5 Å². The van der Waals surface area contributed by atoms with Crippen LogP contribution in [0.1, 0.15) is 25.5 Å². The third-order valence-corrected chi connectivity index (χ3v) is 6.07. The number of aromatic nitrogens is 2. The first-order valence-electron chi connectivity index (χ1n) is 12.6. The second-order valence-corrected chi connectivity index (χ2v) is 9.41. The summed E-state index contributed by atoms with van der Waals surface area (Å²) in [6, 6.07) is 9.50. The maximum Gasteiger partial charge on any atom is 0.410 e. The molecule has 3 aromatic rings. The number of nitrogens with one attached hydrogen (secondary N) is 1. The van der Waals surface area contributed by atoms with Gasteiger partial charge in [-0.05, 0) is 62.2 Å². The van der Waals surface area contributed by atoms with Gasteiger partial charge in [0.1, 0.15) is 11.5 Å². The van der Waals surface area contributed by atoms with E-state index in [2.05, 4.69) is 5.32 Å². The van der Waals surface area contributed by atoms with E-state index in [-0.39, 0.29) is 30.4 Å². The fraction of sp³-hybridized carbons (Fsp3) is 0.357. The molecule has 2 aromatic heterocycles. The Morgan fingerprint density at radius 2 is 1.85 bits per heavy atom. The van der Waals surface area contributed by atoms with Crippen molar-refractivity contribution in [3.63, 3.8) is 0 Å². The van der Waals surface area contributed by atoms with Gasteiger partial charge in [-0.3, -0.25) is 14.4 Å². The molecule has 1 atom stereocenters. The van der Waals surface area contributed by atoms with Crippen LogP contribution in [0.4, 0.5) is 14.9 Å². The standard InChI is InChI=1S/C28H34FN5O5/c1-6-34-21(17-19-16-20(29)13-14-23(19)34)18-33-15-9-10-22(27(33)37)30-26(36)24(39-28(38)32(4)5)11-7-8-12-25(35)31(2)3/h8-10,12-17,24H,6-7,11,18H2,1-5H3,(H,30,36)/b12-8+. The van der Waals surface area contributed by atoms with Crippen LogP contribution in [-0.4, -0.2) is 71.1 Å². The second-order valence-electron chi connectivity index (χ2n) is 9.41. The Morgan fingerprint density at radius 1 is 1.10 bits per heavy atom. The van der Waals surface area contributed by atoms with Crippen LogP contribution in [0.3, 0.4) is 0 Å². The highest BCUT2D eigenvalue weighted by Crippen LogP contribution is 2.22. The highest BCUT2D eigenvalue weighted by molar-refractivity contribution is 5.95. The Kier molecular flexibility index (Phi) is 9.64. The second kappa shape index (κ2) is 12.9. The number of hydrogen-bond donors (Lipinski definition) is 1. The van der Waals surface area contributed by atoms with Gasteiger partial charge in [-0.25, -0.2) is 9.18 Å². The summed E-state index contributed by atoms with van der Waals surface area (Å²) >= 11 is 0. The number of halogens is 1. The number of likely N-dealkylation sites (N-methyl/N-ethyl adjacent to an activating group) is 1. The maximum absolute atomic E-state index is 13.7. The van der Waals surface area contributed by atoms with Gasteiger partial charge in [0.15, 0.2) is 6.10 Å². The molecule has 0 bridgehead atoms. The van der Waals surface area contributed by atoms with Crippen molar-refractivity contribution in [3.8, 4) is 0 Å². The molecule has 1 N–H and O–H groups in total. The van der Waals surface area contributed by atoms with E-state index in [0.717, 1.165) is 16.6 Å². The molecule has 0 saturated heterocycles. The SMILES string of the molecule is CCn1c(Cn2cccc(NC(=O)C(CC/C=C/C(=O)N(C)C)OC(=O)N(C)C)c2=O)cc2cc(F)ccc21. The van der Waals surface area contributed by atoms with Crippen LogP contribution < -0.4 is 10.9 Å². The van der Waals surface area contributed by atoms with Crippen molar-refractivity contribution in [2.45, 2.75) is 39.0 Å². The fourth-order valence-corrected chi connectivity index (χ4v) is 4.00. The molecule has 1 aromatic carbocycles. The topological polar surface area (TPSA) is 106 Å². The molecule has 39 heavy (non-hydrogen) atoms.